The van der Waals surface area contributed by atoms with E-state index < -0.39 is 5.97 Å². The van der Waals surface area contributed by atoms with E-state index in [4.69, 9.17) is 33.7 Å². The predicted octanol–water partition coefficient (Wildman–Crippen LogP) is 4.80. The zero-order chi connectivity index (χ0) is 27.0. The van der Waals surface area contributed by atoms with Crippen LogP contribution in [0.3, 0.4) is 0 Å². The number of ether oxygens (including phenoxy) is 6. The Morgan fingerprint density at radius 1 is 0.684 bits per heavy atom. The zero-order valence-corrected chi connectivity index (χ0v) is 21.1. The van der Waals surface area contributed by atoms with Gasteiger partial charge in [0, 0.05) is 6.42 Å². The van der Waals surface area contributed by atoms with Crippen molar-refractivity contribution in [2.45, 2.75) is 13.3 Å². The second-order valence-electron chi connectivity index (χ2n) is 7.80. The average molecular weight is 520 g/mol. The molecule has 0 aromatic heterocycles. The summed E-state index contributed by atoms with van der Waals surface area (Å²) in [5, 5.41) is 8.57. The second kappa shape index (κ2) is 15.7. The Bertz CT molecular complexity index is 1190. The van der Waals surface area contributed by atoms with E-state index in [0.717, 1.165) is 11.1 Å². The van der Waals surface area contributed by atoms with E-state index in [1.54, 1.807) is 61.7 Å². The molecule has 0 fully saturated rings. The molecule has 198 valence electrons. The number of hydrogen-bond donors (Lipinski definition) is 0. The third-order valence-electron chi connectivity index (χ3n) is 5.15. The van der Waals surface area contributed by atoms with Gasteiger partial charge >= 0.3 is 11.9 Å². The van der Waals surface area contributed by atoms with E-state index in [9.17, 15) is 9.59 Å². The lowest BCUT2D eigenvalue weighted by atomic mass is 10.1. The van der Waals surface area contributed by atoms with Gasteiger partial charge in [-0.2, -0.15) is 0 Å². The van der Waals surface area contributed by atoms with E-state index in [2.05, 4.69) is 0 Å². The summed E-state index contributed by atoms with van der Waals surface area (Å²) in [7, 11) is 0. The third kappa shape index (κ3) is 9.58. The first kappa shape index (κ1) is 28.2. The van der Waals surface area contributed by atoms with Gasteiger partial charge in [-0.3, -0.25) is 4.79 Å². The molecule has 3 aromatic rings. The molecule has 38 heavy (non-hydrogen) atoms. The number of rotatable bonds is 15. The first-order valence-electron chi connectivity index (χ1n) is 12.1. The SMILES string of the molecule is CCC(=O)OCCOCCOCCOc1ccc(C(=O)Oc2ccc(-c3ccc(OC#N)cc3)cc2)cc1. The molecule has 0 aliphatic rings. The van der Waals surface area contributed by atoms with Gasteiger partial charge in [-0.25, -0.2) is 4.79 Å². The molecule has 0 aliphatic heterocycles. The first-order chi connectivity index (χ1) is 18.6. The van der Waals surface area contributed by atoms with Crippen LogP contribution < -0.4 is 14.2 Å². The van der Waals surface area contributed by atoms with Crippen LogP contribution in [0.5, 0.6) is 17.2 Å². The second-order valence-corrected chi connectivity index (χ2v) is 7.80. The lowest BCUT2D eigenvalue weighted by Gasteiger charge is -2.09. The number of nitrogens with zero attached hydrogens (tertiary/aromatic N) is 1. The zero-order valence-electron chi connectivity index (χ0n) is 21.1. The Labute approximate surface area is 221 Å². The molecule has 0 heterocycles. The summed E-state index contributed by atoms with van der Waals surface area (Å²) >= 11 is 0. The van der Waals surface area contributed by atoms with Gasteiger partial charge in [0.2, 0.25) is 0 Å². The fourth-order valence-electron chi connectivity index (χ4n) is 3.19. The molecule has 3 rings (SSSR count). The van der Waals surface area contributed by atoms with Crippen LogP contribution >= 0.6 is 0 Å². The van der Waals surface area contributed by atoms with Crippen LogP contribution in [-0.4, -0.2) is 51.6 Å². The van der Waals surface area contributed by atoms with Crippen LogP contribution in [0.25, 0.3) is 11.1 Å². The highest BCUT2D eigenvalue weighted by Gasteiger charge is 2.09. The minimum Gasteiger partial charge on any atom is -0.491 e. The van der Waals surface area contributed by atoms with Gasteiger partial charge in [-0.15, -0.1) is 5.26 Å². The largest absolute Gasteiger partial charge is 0.491 e. The molecular formula is C29H29NO8. The number of carbonyl (C=O) groups excluding carboxylic acids is 2. The van der Waals surface area contributed by atoms with Crippen molar-refractivity contribution < 1.29 is 38.0 Å². The smallest absolute Gasteiger partial charge is 0.343 e. The van der Waals surface area contributed by atoms with Gasteiger partial charge in [0.1, 0.15) is 30.5 Å². The highest BCUT2D eigenvalue weighted by atomic mass is 16.6. The maximum atomic E-state index is 12.5. The van der Waals surface area contributed by atoms with Crippen LogP contribution in [0.15, 0.2) is 72.8 Å². The Balaban J connectivity index is 1.34. The summed E-state index contributed by atoms with van der Waals surface area (Å²) in [5.41, 5.74) is 2.27. The fourth-order valence-corrected chi connectivity index (χ4v) is 3.19. The fraction of sp³-hybridized carbons (Fsp3) is 0.276. The van der Waals surface area contributed by atoms with Crippen LogP contribution in [0, 0.1) is 11.5 Å². The van der Waals surface area contributed by atoms with Crippen molar-refractivity contribution in [2.75, 3.05) is 39.6 Å². The molecule has 0 unspecified atom stereocenters. The summed E-state index contributed by atoms with van der Waals surface area (Å²) < 4.78 is 31.5. The standard InChI is InChI=1S/C29H29NO8/c1-2-28(31)36-20-18-34-16-15-33-17-19-35-25-11-7-24(8-12-25)29(32)38-27-13-5-23(6-14-27)22-3-9-26(10-4-22)37-21-30/h3-14H,2,15-20H2,1H3. The molecule has 0 aliphatic carbocycles. The summed E-state index contributed by atoms with van der Waals surface area (Å²) in [6.07, 6.45) is 1.99. The molecule has 9 nitrogen and oxygen atoms in total. The molecule has 0 radical (unpaired) electrons. The van der Waals surface area contributed by atoms with Gasteiger partial charge in [-0.1, -0.05) is 31.2 Å². The molecule has 0 saturated carbocycles. The van der Waals surface area contributed by atoms with E-state index in [-0.39, 0.29) is 12.6 Å². The van der Waals surface area contributed by atoms with Crippen molar-refractivity contribution in [3.05, 3.63) is 78.4 Å². The first-order valence-corrected chi connectivity index (χ1v) is 12.1. The lowest BCUT2D eigenvalue weighted by Crippen LogP contribution is -2.14. The van der Waals surface area contributed by atoms with Crippen molar-refractivity contribution in [1.82, 2.24) is 0 Å². The highest BCUT2D eigenvalue weighted by molar-refractivity contribution is 5.91. The van der Waals surface area contributed by atoms with E-state index in [1.165, 1.54) is 0 Å². The van der Waals surface area contributed by atoms with Crippen molar-refractivity contribution in [3.8, 4) is 34.6 Å². The van der Waals surface area contributed by atoms with Gasteiger partial charge in [0.15, 0.2) is 0 Å². The van der Waals surface area contributed by atoms with E-state index in [0.29, 0.717) is 62.3 Å². The number of esters is 2. The number of benzene rings is 3. The minimum absolute atomic E-state index is 0.239. The summed E-state index contributed by atoms with van der Waals surface area (Å²) in [6, 6.07) is 20.9. The third-order valence-corrected chi connectivity index (χ3v) is 5.15. The highest BCUT2D eigenvalue weighted by Crippen LogP contribution is 2.25. The topological polar surface area (TPSA) is 113 Å². The number of hydrogen-bond acceptors (Lipinski definition) is 9. The van der Waals surface area contributed by atoms with Gasteiger partial charge in [0.05, 0.1) is 32.0 Å². The number of carbonyl (C=O) groups is 2. The maximum Gasteiger partial charge on any atom is 0.343 e. The summed E-state index contributed by atoms with van der Waals surface area (Å²) in [5.74, 6) is 0.778. The summed E-state index contributed by atoms with van der Waals surface area (Å²) in [4.78, 5) is 23.5. The molecule has 0 atom stereocenters. The van der Waals surface area contributed by atoms with Crippen molar-refractivity contribution >= 4 is 11.9 Å². The van der Waals surface area contributed by atoms with Crippen molar-refractivity contribution in [3.63, 3.8) is 0 Å². The Kier molecular flexibility index (Phi) is 11.6. The van der Waals surface area contributed by atoms with Crippen LogP contribution in [0.2, 0.25) is 0 Å². The van der Waals surface area contributed by atoms with E-state index >= 15 is 0 Å². The quantitative estimate of drug-likeness (QED) is 0.121. The van der Waals surface area contributed by atoms with Crippen molar-refractivity contribution in [1.29, 1.82) is 5.26 Å². The van der Waals surface area contributed by atoms with Crippen LogP contribution in [0.1, 0.15) is 23.7 Å². The lowest BCUT2D eigenvalue weighted by molar-refractivity contribution is -0.144. The molecule has 0 N–H and O–H groups in total. The Hall–Kier alpha value is -4.39. The Morgan fingerprint density at radius 3 is 1.79 bits per heavy atom. The monoisotopic (exact) mass is 519 g/mol. The molecule has 3 aromatic carbocycles. The molecule has 9 heteroatoms. The average Bonchev–Trinajstić information content (AvgIpc) is 2.95. The Morgan fingerprint density at radius 2 is 1.21 bits per heavy atom. The van der Waals surface area contributed by atoms with Gasteiger partial charge < -0.3 is 28.4 Å². The normalized spacial score (nSPS) is 10.3. The van der Waals surface area contributed by atoms with Crippen LogP contribution in [-0.2, 0) is 19.0 Å². The molecule has 0 bridgehead atoms. The number of nitriles is 1. The van der Waals surface area contributed by atoms with Crippen LogP contribution in [0.4, 0.5) is 0 Å². The molecule has 0 saturated heterocycles. The predicted molar refractivity (Wildman–Crippen MR) is 138 cm³/mol. The van der Waals surface area contributed by atoms with Gasteiger partial charge in [-0.05, 0) is 59.7 Å². The van der Waals surface area contributed by atoms with Crippen molar-refractivity contribution in [2.24, 2.45) is 0 Å². The maximum absolute atomic E-state index is 12.5. The van der Waals surface area contributed by atoms with Gasteiger partial charge in [0.25, 0.3) is 6.26 Å². The molecule has 0 spiro atoms. The minimum atomic E-state index is -0.477. The molecule has 0 amide bonds. The molecular weight excluding hydrogens is 490 g/mol. The van der Waals surface area contributed by atoms with E-state index in [1.807, 2.05) is 24.3 Å². The summed E-state index contributed by atoms with van der Waals surface area (Å²) in [6.45, 7) is 3.84.